The number of hydrogen-bond donors (Lipinski definition) is 0. The van der Waals surface area contributed by atoms with Crippen LogP contribution < -0.4 is 9.47 Å². The van der Waals surface area contributed by atoms with Gasteiger partial charge in [0.15, 0.2) is 17.3 Å². The average Bonchev–Trinajstić information content (AvgIpc) is 3.06. The molecule has 0 aliphatic heterocycles. The van der Waals surface area contributed by atoms with Gasteiger partial charge in [0.05, 0.1) is 13.7 Å². The van der Waals surface area contributed by atoms with Crippen LogP contribution in [-0.4, -0.2) is 37.6 Å². The van der Waals surface area contributed by atoms with Crippen LogP contribution in [0.2, 0.25) is 0 Å². The van der Waals surface area contributed by atoms with Gasteiger partial charge in [0, 0.05) is 23.7 Å². The minimum Gasteiger partial charge on any atom is -0.493 e. The summed E-state index contributed by atoms with van der Waals surface area (Å²) in [5, 5.41) is 0. The van der Waals surface area contributed by atoms with Gasteiger partial charge in [-0.05, 0) is 47.9 Å². The second-order valence-electron chi connectivity index (χ2n) is 4.32. The summed E-state index contributed by atoms with van der Waals surface area (Å²) in [7, 11) is 3.15. The van der Waals surface area contributed by atoms with E-state index in [0.29, 0.717) is 30.3 Å². The Kier molecular flexibility index (Phi) is 6.12. The first kappa shape index (κ1) is 16.2. The Hall–Kier alpha value is -2.18. The lowest BCUT2D eigenvalue weighted by Crippen LogP contribution is -2.06. The SMILES string of the molecule is COCCOc1ccc(C(=O)C=Cc2ccns2)cc1OC. The van der Waals surface area contributed by atoms with Crippen LogP contribution in [0.5, 0.6) is 11.5 Å². The highest BCUT2D eigenvalue weighted by atomic mass is 32.1. The predicted molar refractivity (Wildman–Crippen MR) is 85.8 cm³/mol. The van der Waals surface area contributed by atoms with Gasteiger partial charge < -0.3 is 14.2 Å². The van der Waals surface area contributed by atoms with E-state index in [0.717, 1.165) is 4.88 Å². The van der Waals surface area contributed by atoms with Crippen molar-refractivity contribution in [2.45, 2.75) is 0 Å². The number of rotatable bonds is 8. The number of carbonyl (C=O) groups is 1. The average molecular weight is 319 g/mol. The lowest BCUT2D eigenvalue weighted by molar-refractivity contribution is 0.104. The number of benzene rings is 1. The number of hydrogen-bond acceptors (Lipinski definition) is 6. The van der Waals surface area contributed by atoms with Gasteiger partial charge in [0.1, 0.15) is 6.61 Å². The van der Waals surface area contributed by atoms with Crippen molar-refractivity contribution < 1.29 is 19.0 Å². The molecule has 1 heterocycles. The van der Waals surface area contributed by atoms with Crippen LogP contribution in [0.3, 0.4) is 0 Å². The van der Waals surface area contributed by atoms with Gasteiger partial charge in [-0.15, -0.1) is 0 Å². The Morgan fingerprint density at radius 3 is 2.77 bits per heavy atom. The molecule has 22 heavy (non-hydrogen) atoms. The molecule has 2 rings (SSSR count). The molecule has 0 N–H and O–H groups in total. The fourth-order valence-corrected chi connectivity index (χ4v) is 2.23. The summed E-state index contributed by atoms with van der Waals surface area (Å²) >= 11 is 1.34. The van der Waals surface area contributed by atoms with E-state index in [9.17, 15) is 4.79 Å². The van der Waals surface area contributed by atoms with Gasteiger partial charge >= 0.3 is 0 Å². The van der Waals surface area contributed by atoms with Crippen molar-refractivity contribution in [3.05, 3.63) is 47.0 Å². The maximum Gasteiger partial charge on any atom is 0.186 e. The molecule has 1 aromatic carbocycles. The van der Waals surface area contributed by atoms with Gasteiger partial charge in [-0.2, -0.15) is 0 Å². The van der Waals surface area contributed by atoms with Crippen LogP contribution in [0.4, 0.5) is 0 Å². The van der Waals surface area contributed by atoms with Crippen LogP contribution >= 0.6 is 11.5 Å². The van der Waals surface area contributed by atoms with E-state index in [-0.39, 0.29) is 5.78 Å². The topological polar surface area (TPSA) is 57.7 Å². The molecule has 0 radical (unpaired) electrons. The fraction of sp³-hybridized carbons (Fsp3) is 0.250. The third-order valence-corrected chi connectivity index (χ3v) is 3.56. The van der Waals surface area contributed by atoms with E-state index >= 15 is 0 Å². The number of ketones is 1. The highest BCUT2D eigenvalue weighted by molar-refractivity contribution is 7.06. The highest BCUT2D eigenvalue weighted by Crippen LogP contribution is 2.28. The van der Waals surface area contributed by atoms with Crippen LogP contribution in [0.25, 0.3) is 6.08 Å². The van der Waals surface area contributed by atoms with Crippen LogP contribution in [0, 0.1) is 0 Å². The standard InChI is InChI=1S/C16H17NO4S/c1-19-9-10-21-15-6-3-12(11-16(15)20-2)14(18)5-4-13-7-8-17-22-13/h3-8,11H,9-10H2,1-2H3. The maximum atomic E-state index is 12.2. The summed E-state index contributed by atoms with van der Waals surface area (Å²) in [6, 6.07) is 6.95. The Labute approximate surface area is 133 Å². The van der Waals surface area contributed by atoms with Gasteiger partial charge in [0.2, 0.25) is 0 Å². The second kappa shape index (κ2) is 8.31. The van der Waals surface area contributed by atoms with Crippen molar-refractivity contribution in [2.24, 2.45) is 0 Å². The third-order valence-electron chi connectivity index (χ3n) is 2.85. The lowest BCUT2D eigenvalue weighted by Gasteiger charge is -2.11. The summed E-state index contributed by atoms with van der Waals surface area (Å²) < 4.78 is 19.7. The number of ether oxygens (including phenoxy) is 3. The number of nitrogens with zero attached hydrogens (tertiary/aromatic N) is 1. The smallest absolute Gasteiger partial charge is 0.186 e. The first-order valence-electron chi connectivity index (χ1n) is 6.67. The molecule has 0 fully saturated rings. The minimum atomic E-state index is -0.102. The quantitative estimate of drug-likeness (QED) is 0.425. The molecule has 0 atom stereocenters. The zero-order valence-electron chi connectivity index (χ0n) is 12.4. The molecular weight excluding hydrogens is 302 g/mol. The Morgan fingerprint density at radius 2 is 2.09 bits per heavy atom. The molecule has 0 unspecified atom stereocenters. The van der Waals surface area contributed by atoms with Crippen LogP contribution in [0.1, 0.15) is 15.2 Å². The molecule has 6 heteroatoms. The van der Waals surface area contributed by atoms with Gasteiger partial charge in [-0.3, -0.25) is 4.79 Å². The van der Waals surface area contributed by atoms with Crippen molar-refractivity contribution in [2.75, 3.05) is 27.4 Å². The summed E-state index contributed by atoms with van der Waals surface area (Å²) in [5.74, 6) is 1.01. The van der Waals surface area contributed by atoms with Crippen LogP contribution in [0.15, 0.2) is 36.5 Å². The van der Waals surface area contributed by atoms with Crippen LogP contribution in [-0.2, 0) is 4.74 Å². The van der Waals surface area contributed by atoms with Gasteiger partial charge in [0.25, 0.3) is 0 Å². The molecule has 5 nitrogen and oxygen atoms in total. The van der Waals surface area contributed by atoms with E-state index in [1.165, 1.54) is 17.6 Å². The summed E-state index contributed by atoms with van der Waals surface area (Å²) in [5.41, 5.74) is 0.539. The van der Waals surface area contributed by atoms with E-state index in [1.807, 2.05) is 6.07 Å². The predicted octanol–water partition coefficient (Wildman–Crippen LogP) is 3.07. The first-order chi connectivity index (χ1) is 10.7. The fourth-order valence-electron chi connectivity index (χ4n) is 1.74. The molecule has 0 aliphatic rings. The highest BCUT2D eigenvalue weighted by Gasteiger charge is 2.09. The lowest BCUT2D eigenvalue weighted by atomic mass is 10.1. The van der Waals surface area contributed by atoms with E-state index in [1.54, 1.807) is 44.7 Å². The number of methoxy groups -OCH3 is 2. The number of carbonyl (C=O) groups excluding carboxylic acids is 1. The molecule has 0 saturated carbocycles. The molecule has 0 amide bonds. The molecule has 2 aromatic rings. The molecule has 1 aromatic heterocycles. The Morgan fingerprint density at radius 1 is 1.23 bits per heavy atom. The number of aromatic nitrogens is 1. The zero-order valence-corrected chi connectivity index (χ0v) is 13.3. The molecule has 0 spiro atoms. The molecule has 0 aliphatic carbocycles. The number of allylic oxidation sites excluding steroid dienone is 1. The molecular formula is C16H17NO4S. The summed E-state index contributed by atoms with van der Waals surface area (Å²) in [4.78, 5) is 13.1. The summed E-state index contributed by atoms with van der Waals surface area (Å²) in [6.07, 6.45) is 4.97. The third kappa shape index (κ3) is 4.41. The minimum absolute atomic E-state index is 0.102. The van der Waals surface area contributed by atoms with Crippen molar-refractivity contribution in [3.63, 3.8) is 0 Å². The van der Waals surface area contributed by atoms with Gasteiger partial charge in [-0.25, -0.2) is 4.37 Å². The molecule has 116 valence electrons. The Bertz CT molecular complexity index is 638. The van der Waals surface area contributed by atoms with E-state index < -0.39 is 0 Å². The first-order valence-corrected chi connectivity index (χ1v) is 7.45. The molecule has 0 saturated heterocycles. The molecule has 0 bridgehead atoms. The van der Waals surface area contributed by atoms with Crippen molar-refractivity contribution >= 4 is 23.4 Å². The van der Waals surface area contributed by atoms with Crippen molar-refractivity contribution in [1.82, 2.24) is 4.37 Å². The van der Waals surface area contributed by atoms with Crippen molar-refractivity contribution in [3.8, 4) is 11.5 Å². The van der Waals surface area contributed by atoms with Gasteiger partial charge in [-0.1, -0.05) is 0 Å². The monoisotopic (exact) mass is 319 g/mol. The van der Waals surface area contributed by atoms with E-state index in [4.69, 9.17) is 14.2 Å². The second-order valence-corrected chi connectivity index (χ2v) is 5.18. The van der Waals surface area contributed by atoms with Crippen molar-refractivity contribution in [1.29, 1.82) is 0 Å². The normalized spacial score (nSPS) is 10.8. The zero-order chi connectivity index (χ0) is 15.8. The van der Waals surface area contributed by atoms with E-state index in [2.05, 4.69) is 4.37 Å². The summed E-state index contributed by atoms with van der Waals surface area (Å²) in [6.45, 7) is 0.910. The largest absolute Gasteiger partial charge is 0.493 e. The maximum absolute atomic E-state index is 12.2. The Balaban J connectivity index is 2.09.